The van der Waals surface area contributed by atoms with Gasteiger partial charge in [-0.2, -0.15) is 0 Å². The minimum atomic E-state index is 0.0929. The van der Waals surface area contributed by atoms with Crippen molar-refractivity contribution in [2.45, 2.75) is 38.8 Å². The number of piperidine rings is 1. The largest absolute Gasteiger partial charge is 0.352 e. The Labute approximate surface area is 159 Å². The molecular formula is C19H26ClN5O. The third-order valence-corrected chi connectivity index (χ3v) is 5.36. The quantitative estimate of drug-likeness (QED) is 0.808. The molecule has 0 bridgehead atoms. The van der Waals surface area contributed by atoms with Crippen LogP contribution < -0.4 is 5.32 Å². The van der Waals surface area contributed by atoms with E-state index >= 15 is 0 Å². The van der Waals surface area contributed by atoms with Crippen LogP contribution in [0, 0.1) is 5.92 Å². The molecule has 1 atom stereocenters. The number of hydrogen-bond donors (Lipinski definition) is 1. The van der Waals surface area contributed by atoms with Gasteiger partial charge in [-0.05, 0) is 43.4 Å². The molecule has 6 nitrogen and oxygen atoms in total. The Bertz CT molecular complexity index is 732. The number of likely N-dealkylation sites (tertiary alicyclic amines) is 1. The molecular weight excluding hydrogens is 350 g/mol. The van der Waals surface area contributed by atoms with Crippen LogP contribution in [0.3, 0.4) is 0 Å². The monoisotopic (exact) mass is 375 g/mol. The maximum Gasteiger partial charge on any atom is 0.220 e. The summed E-state index contributed by atoms with van der Waals surface area (Å²) < 4.78 is 1.96. The highest BCUT2D eigenvalue weighted by atomic mass is 35.5. The van der Waals surface area contributed by atoms with Gasteiger partial charge in [-0.15, -0.1) is 10.2 Å². The summed E-state index contributed by atoms with van der Waals surface area (Å²) in [7, 11) is 1.97. The Morgan fingerprint density at radius 2 is 2.23 bits per heavy atom. The summed E-state index contributed by atoms with van der Waals surface area (Å²) >= 11 is 6.12. The van der Waals surface area contributed by atoms with E-state index in [9.17, 15) is 4.79 Å². The third-order valence-electron chi connectivity index (χ3n) is 4.99. The van der Waals surface area contributed by atoms with Crippen molar-refractivity contribution in [3.05, 3.63) is 47.0 Å². The standard InChI is InChI=1S/C19H26ClN5O/c1-24-14-22-23-18(24)13-25-10-4-5-15(12-25)8-9-19(26)21-11-16-6-2-3-7-17(16)20/h2-3,6-7,14-15H,4-5,8-13H2,1H3,(H,21,26)/t15-/m1/s1. The molecule has 1 aliphatic heterocycles. The summed E-state index contributed by atoms with van der Waals surface area (Å²) in [5, 5.41) is 11.8. The lowest BCUT2D eigenvalue weighted by molar-refractivity contribution is -0.121. The third kappa shape index (κ3) is 5.29. The number of rotatable bonds is 7. The van der Waals surface area contributed by atoms with Gasteiger partial charge in [0.2, 0.25) is 5.91 Å². The molecule has 3 rings (SSSR count). The Morgan fingerprint density at radius 3 is 3.00 bits per heavy atom. The van der Waals surface area contributed by atoms with E-state index in [-0.39, 0.29) is 5.91 Å². The molecule has 1 aromatic carbocycles. The highest BCUT2D eigenvalue weighted by molar-refractivity contribution is 6.31. The first kappa shape index (κ1) is 18.9. The van der Waals surface area contributed by atoms with Gasteiger partial charge in [-0.25, -0.2) is 0 Å². The molecule has 1 saturated heterocycles. The van der Waals surface area contributed by atoms with Crippen LogP contribution in [0.5, 0.6) is 0 Å². The fourth-order valence-corrected chi connectivity index (χ4v) is 3.64. The Morgan fingerprint density at radius 1 is 1.38 bits per heavy atom. The first-order valence-electron chi connectivity index (χ1n) is 9.17. The lowest BCUT2D eigenvalue weighted by atomic mass is 9.93. The summed E-state index contributed by atoms with van der Waals surface area (Å²) in [6, 6.07) is 7.61. The molecule has 0 spiro atoms. The van der Waals surface area contributed by atoms with Gasteiger partial charge < -0.3 is 9.88 Å². The van der Waals surface area contributed by atoms with Crippen molar-refractivity contribution in [1.82, 2.24) is 25.0 Å². The van der Waals surface area contributed by atoms with Gasteiger partial charge in [0.05, 0.1) is 6.54 Å². The molecule has 1 aromatic heterocycles. The zero-order valence-electron chi connectivity index (χ0n) is 15.2. The molecule has 0 radical (unpaired) electrons. The lowest BCUT2D eigenvalue weighted by Crippen LogP contribution is -2.36. The maximum atomic E-state index is 12.2. The summed E-state index contributed by atoms with van der Waals surface area (Å²) in [4.78, 5) is 14.6. The van der Waals surface area contributed by atoms with Crippen LogP contribution >= 0.6 is 11.6 Å². The molecule has 1 fully saturated rings. The van der Waals surface area contributed by atoms with Crippen LogP contribution in [0.15, 0.2) is 30.6 Å². The average Bonchev–Trinajstić information content (AvgIpc) is 3.04. The normalized spacial score (nSPS) is 18.0. The van der Waals surface area contributed by atoms with Crippen molar-refractivity contribution in [3.8, 4) is 0 Å². The van der Waals surface area contributed by atoms with E-state index in [0.717, 1.165) is 37.4 Å². The van der Waals surface area contributed by atoms with E-state index in [4.69, 9.17) is 11.6 Å². The minimum absolute atomic E-state index is 0.0929. The maximum absolute atomic E-state index is 12.2. The van der Waals surface area contributed by atoms with Gasteiger partial charge in [-0.3, -0.25) is 9.69 Å². The Balaban J connectivity index is 1.40. The molecule has 0 aliphatic carbocycles. The van der Waals surface area contributed by atoms with E-state index in [1.807, 2.05) is 35.9 Å². The molecule has 2 heterocycles. The summed E-state index contributed by atoms with van der Waals surface area (Å²) in [5.41, 5.74) is 0.954. The second-order valence-corrected chi connectivity index (χ2v) is 7.42. The van der Waals surface area contributed by atoms with Gasteiger partial charge in [0.1, 0.15) is 12.2 Å². The predicted octanol–water partition coefficient (Wildman–Crippen LogP) is 2.78. The van der Waals surface area contributed by atoms with Crippen molar-refractivity contribution in [1.29, 1.82) is 0 Å². The van der Waals surface area contributed by atoms with Crippen LogP contribution in [-0.4, -0.2) is 38.7 Å². The molecule has 1 amide bonds. The number of nitrogens with one attached hydrogen (secondary N) is 1. The zero-order chi connectivity index (χ0) is 18.4. The summed E-state index contributed by atoms with van der Waals surface area (Å²) in [6.07, 6.45) is 5.58. The molecule has 0 saturated carbocycles. The van der Waals surface area contributed by atoms with Crippen LogP contribution in [-0.2, 0) is 24.9 Å². The predicted molar refractivity (Wildman–Crippen MR) is 102 cm³/mol. The Hall–Kier alpha value is -1.92. The first-order valence-corrected chi connectivity index (χ1v) is 9.55. The van der Waals surface area contributed by atoms with Crippen molar-refractivity contribution in [2.24, 2.45) is 13.0 Å². The number of benzene rings is 1. The minimum Gasteiger partial charge on any atom is -0.352 e. The number of hydrogen-bond acceptors (Lipinski definition) is 4. The number of nitrogens with zero attached hydrogens (tertiary/aromatic N) is 4. The van der Waals surface area contributed by atoms with E-state index < -0.39 is 0 Å². The zero-order valence-corrected chi connectivity index (χ0v) is 16.0. The van der Waals surface area contributed by atoms with Crippen LogP contribution in [0.4, 0.5) is 0 Å². The average molecular weight is 376 g/mol. The fraction of sp³-hybridized carbons (Fsp3) is 0.526. The van der Waals surface area contributed by atoms with Gasteiger partial charge in [-0.1, -0.05) is 29.8 Å². The molecule has 1 aliphatic rings. The van der Waals surface area contributed by atoms with Crippen LogP contribution in [0.1, 0.15) is 37.1 Å². The Kier molecular flexibility index (Phi) is 6.63. The smallest absolute Gasteiger partial charge is 0.220 e. The number of halogens is 1. The molecule has 26 heavy (non-hydrogen) atoms. The van der Waals surface area contributed by atoms with Gasteiger partial charge in [0.25, 0.3) is 0 Å². The molecule has 1 N–H and O–H groups in total. The van der Waals surface area contributed by atoms with Gasteiger partial charge in [0, 0.05) is 31.6 Å². The van der Waals surface area contributed by atoms with Crippen LogP contribution in [0.25, 0.3) is 0 Å². The number of carbonyl (C=O) groups is 1. The van der Waals surface area contributed by atoms with Crippen LogP contribution in [0.2, 0.25) is 5.02 Å². The first-order chi connectivity index (χ1) is 12.6. The van der Waals surface area contributed by atoms with Crippen molar-refractivity contribution in [3.63, 3.8) is 0 Å². The van der Waals surface area contributed by atoms with E-state index in [0.29, 0.717) is 23.9 Å². The summed E-state index contributed by atoms with van der Waals surface area (Å²) in [6.45, 7) is 3.42. The van der Waals surface area contributed by atoms with E-state index in [1.165, 1.54) is 12.8 Å². The molecule has 140 valence electrons. The van der Waals surface area contributed by atoms with E-state index in [2.05, 4.69) is 20.4 Å². The molecule has 2 aromatic rings. The van der Waals surface area contributed by atoms with E-state index in [1.54, 1.807) is 6.33 Å². The van der Waals surface area contributed by atoms with Crippen molar-refractivity contribution in [2.75, 3.05) is 13.1 Å². The number of aromatic nitrogens is 3. The highest BCUT2D eigenvalue weighted by Gasteiger charge is 2.21. The van der Waals surface area contributed by atoms with Gasteiger partial charge in [0.15, 0.2) is 0 Å². The molecule has 7 heteroatoms. The topological polar surface area (TPSA) is 63.1 Å². The van der Waals surface area contributed by atoms with Crippen molar-refractivity contribution < 1.29 is 4.79 Å². The second kappa shape index (κ2) is 9.14. The highest BCUT2D eigenvalue weighted by Crippen LogP contribution is 2.22. The van der Waals surface area contributed by atoms with Crippen molar-refractivity contribution >= 4 is 17.5 Å². The summed E-state index contributed by atoms with van der Waals surface area (Å²) in [5.74, 6) is 1.64. The second-order valence-electron chi connectivity index (χ2n) is 7.01. The SMILES string of the molecule is Cn1cnnc1CN1CCC[C@H](CCC(=O)NCc2ccccc2Cl)C1. The number of carbonyl (C=O) groups excluding carboxylic acids is 1. The number of aryl methyl sites for hydroxylation is 1. The molecule has 0 unspecified atom stereocenters. The number of amides is 1. The lowest BCUT2D eigenvalue weighted by Gasteiger charge is -2.32. The fourth-order valence-electron chi connectivity index (χ4n) is 3.44. The van der Waals surface area contributed by atoms with Gasteiger partial charge >= 0.3 is 0 Å².